The van der Waals surface area contributed by atoms with Crippen LogP contribution in [-0.4, -0.2) is 15.9 Å². The number of ether oxygens (including phenoxy) is 1. The first-order valence-corrected chi connectivity index (χ1v) is 5.29. The zero-order chi connectivity index (χ0) is 10.9. The summed E-state index contributed by atoms with van der Waals surface area (Å²) in [6.45, 7) is 11.4. The molecule has 0 aliphatic carbocycles. The van der Waals surface area contributed by atoms with Gasteiger partial charge >= 0.3 is 5.97 Å². The minimum atomic E-state index is -0.583. The minimum Gasteiger partial charge on any atom is -0.459 e. The average molecular weight is 251 g/mol. The van der Waals surface area contributed by atoms with Crippen molar-refractivity contribution in [3.63, 3.8) is 0 Å². The average Bonchev–Trinajstić information content (AvgIpc) is 1.82. The Morgan fingerprint density at radius 3 is 1.85 bits per heavy atom. The Hall–Kier alpha value is -0.0500. The summed E-state index contributed by atoms with van der Waals surface area (Å²) in [4.78, 5) is 11.7. The van der Waals surface area contributed by atoms with Crippen molar-refractivity contribution in [1.82, 2.24) is 0 Å². The van der Waals surface area contributed by atoms with E-state index >= 15 is 0 Å². The number of esters is 1. The summed E-state index contributed by atoms with van der Waals surface area (Å²) < 4.78 is 4.69. The summed E-state index contributed by atoms with van der Waals surface area (Å²) in [5.41, 5.74) is -0.416. The van der Waals surface area contributed by atoms with E-state index in [2.05, 4.69) is 15.9 Å². The maximum Gasteiger partial charge on any atom is 0.323 e. The molecule has 0 saturated carbocycles. The summed E-state index contributed by atoms with van der Waals surface area (Å²) >= 11 is 3.39. The highest BCUT2D eigenvalue weighted by Gasteiger charge is 2.37. The molecule has 0 aromatic heterocycles. The number of alkyl halides is 1. The Morgan fingerprint density at radius 1 is 1.23 bits per heavy atom. The SMILES string of the molecule is CC(C)C(C)(Br)C(=O)OC(C)(C)C. The predicted octanol–water partition coefficient (Wildman–Crippen LogP) is 3.14. The molecular formula is C10H19BrO2. The van der Waals surface area contributed by atoms with E-state index in [1.165, 1.54) is 0 Å². The van der Waals surface area contributed by atoms with Crippen LogP contribution in [0.5, 0.6) is 0 Å². The van der Waals surface area contributed by atoms with E-state index in [0.29, 0.717) is 0 Å². The Bertz CT molecular complexity index is 190. The Balaban J connectivity index is 4.44. The van der Waals surface area contributed by atoms with Crippen LogP contribution < -0.4 is 0 Å². The fourth-order valence-corrected chi connectivity index (χ4v) is 0.695. The lowest BCUT2D eigenvalue weighted by atomic mass is 9.98. The van der Waals surface area contributed by atoms with E-state index in [4.69, 9.17) is 4.74 Å². The second-order valence-corrected chi connectivity index (χ2v) is 6.38. The van der Waals surface area contributed by atoms with Crippen LogP contribution in [-0.2, 0) is 9.53 Å². The second-order valence-electron chi connectivity index (χ2n) is 4.73. The molecule has 0 heterocycles. The van der Waals surface area contributed by atoms with Crippen LogP contribution in [0.2, 0.25) is 0 Å². The Kier molecular flexibility index (Phi) is 3.97. The highest BCUT2D eigenvalue weighted by Crippen LogP contribution is 2.30. The molecule has 0 fully saturated rings. The molecule has 0 aliphatic rings. The molecular weight excluding hydrogens is 232 g/mol. The first-order valence-electron chi connectivity index (χ1n) is 4.49. The number of hydrogen-bond acceptors (Lipinski definition) is 2. The number of hydrogen-bond donors (Lipinski definition) is 0. The van der Waals surface area contributed by atoms with Crippen molar-refractivity contribution in [3.05, 3.63) is 0 Å². The van der Waals surface area contributed by atoms with E-state index in [1.807, 2.05) is 41.5 Å². The molecule has 78 valence electrons. The molecule has 13 heavy (non-hydrogen) atoms. The first-order chi connectivity index (χ1) is 5.57. The summed E-state index contributed by atoms with van der Waals surface area (Å²) in [6, 6.07) is 0. The van der Waals surface area contributed by atoms with Crippen LogP contribution in [0, 0.1) is 5.92 Å². The molecule has 1 atom stereocenters. The lowest BCUT2D eigenvalue weighted by molar-refractivity contribution is -0.158. The van der Waals surface area contributed by atoms with Crippen molar-refractivity contribution in [2.45, 2.75) is 51.5 Å². The summed E-state index contributed by atoms with van der Waals surface area (Å²) in [6.07, 6.45) is 0. The van der Waals surface area contributed by atoms with Crippen LogP contribution >= 0.6 is 15.9 Å². The summed E-state index contributed by atoms with van der Waals surface area (Å²) in [5.74, 6) is 0.0114. The number of carbonyl (C=O) groups is 1. The normalized spacial score (nSPS) is 16.9. The monoisotopic (exact) mass is 250 g/mol. The first kappa shape index (κ1) is 12.9. The standard InChI is InChI=1S/C10H19BrO2/c1-7(2)10(6,11)8(12)13-9(3,4)5/h7H,1-6H3. The molecule has 0 bridgehead atoms. The molecule has 0 saturated heterocycles. The van der Waals surface area contributed by atoms with Gasteiger partial charge in [-0.05, 0) is 33.6 Å². The van der Waals surface area contributed by atoms with Gasteiger partial charge in [-0.25, -0.2) is 0 Å². The van der Waals surface area contributed by atoms with Crippen molar-refractivity contribution < 1.29 is 9.53 Å². The molecule has 0 rings (SSSR count). The molecule has 0 aromatic carbocycles. The van der Waals surface area contributed by atoms with Crippen LogP contribution in [0.15, 0.2) is 0 Å². The van der Waals surface area contributed by atoms with Gasteiger partial charge in [0.05, 0.1) is 0 Å². The van der Waals surface area contributed by atoms with E-state index in [1.54, 1.807) is 0 Å². The Morgan fingerprint density at radius 2 is 1.62 bits per heavy atom. The lowest BCUT2D eigenvalue weighted by Gasteiger charge is -2.29. The summed E-state index contributed by atoms with van der Waals surface area (Å²) in [5, 5.41) is 0. The van der Waals surface area contributed by atoms with Gasteiger partial charge in [0.15, 0.2) is 0 Å². The third-order valence-electron chi connectivity index (χ3n) is 1.88. The van der Waals surface area contributed by atoms with Crippen LogP contribution in [0.1, 0.15) is 41.5 Å². The van der Waals surface area contributed by atoms with Gasteiger partial charge in [0.2, 0.25) is 0 Å². The van der Waals surface area contributed by atoms with Gasteiger partial charge in [-0.1, -0.05) is 29.8 Å². The van der Waals surface area contributed by atoms with Gasteiger partial charge in [0.1, 0.15) is 9.93 Å². The molecule has 1 unspecified atom stereocenters. The molecule has 3 heteroatoms. The van der Waals surface area contributed by atoms with Gasteiger partial charge in [-0.3, -0.25) is 4.79 Å². The maximum absolute atomic E-state index is 11.7. The molecule has 2 nitrogen and oxygen atoms in total. The van der Waals surface area contributed by atoms with E-state index in [0.717, 1.165) is 0 Å². The predicted molar refractivity (Wildman–Crippen MR) is 58.0 cm³/mol. The van der Waals surface area contributed by atoms with Crippen molar-refractivity contribution in [1.29, 1.82) is 0 Å². The van der Waals surface area contributed by atoms with E-state index in [-0.39, 0.29) is 11.9 Å². The molecule has 0 spiro atoms. The molecule has 0 radical (unpaired) electrons. The van der Waals surface area contributed by atoms with E-state index < -0.39 is 9.93 Å². The summed E-state index contributed by atoms with van der Waals surface area (Å²) in [7, 11) is 0. The highest BCUT2D eigenvalue weighted by molar-refractivity contribution is 9.10. The van der Waals surface area contributed by atoms with Crippen LogP contribution in [0.4, 0.5) is 0 Å². The van der Waals surface area contributed by atoms with Gasteiger partial charge in [-0.2, -0.15) is 0 Å². The number of rotatable bonds is 2. The fourth-order valence-electron chi connectivity index (χ4n) is 0.614. The fraction of sp³-hybridized carbons (Fsp3) is 0.900. The topological polar surface area (TPSA) is 26.3 Å². The quantitative estimate of drug-likeness (QED) is 0.556. The van der Waals surface area contributed by atoms with E-state index in [9.17, 15) is 4.79 Å². The Labute approximate surface area is 89.2 Å². The number of halogens is 1. The maximum atomic E-state index is 11.7. The zero-order valence-electron chi connectivity index (χ0n) is 9.27. The molecule has 0 aliphatic heterocycles. The minimum absolute atomic E-state index is 0.199. The molecule has 0 amide bonds. The van der Waals surface area contributed by atoms with Gasteiger partial charge in [0.25, 0.3) is 0 Å². The third-order valence-corrected chi connectivity index (χ3v) is 3.12. The van der Waals surface area contributed by atoms with Crippen molar-refractivity contribution in [2.24, 2.45) is 5.92 Å². The van der Waals surface area contributed by atoms with Gasteiger partial charge in [-0.15, -0.1) is 0 Å². The number of carbonyl (C=O) groups excluding carboxylic acids is 1. The second kappa shape index (κ2) is 3.99. The van der Waals surface area contributed by atoms with Crippen molar-refractivity contribution in [3.8, 4) is 0 Å². The van der Waals surface area contributed by atoms with Crippen LogP contribution in [0.3, 0.4) is 0 Å². The largest absolute Gasteiger partial charge is 0.459 e. The van der Waals surface area contributed by atoms with Crippen molar-refractivity contribution >= 4 is 21.9 Å². The van der Waals surface area contributed by atoms with Gasteiger partial charge in [0, 0.05) is 0 Å². The smallest absolute Gasteiger partial charge is 0.323 e. The third kappa shape index (κ3) is 4.12. The molecule has 0 aromatic rings. The zero-order valence-corrected chi connectivity index (χ0v) is 10.9. The van der Waals surface area contributed by atoms with Gasteiger partial charge < -0.3 is 4.74 Å². The molecule has 0 N–H and O–H groups in total. The highest BCUT2D eigenvalue weighted by atomic mass is 79.9. The lowest BCUT2D eigenvalue weighted by Crippen LogP contribution is -2.40. The van der Waals surface area contributed by atoms with Crippen LogP contribution in [0.25, 0.3) is 0 Å². The van der Waals surface area contributed by atoms with Crippen molar-refractivity contribution in [2.75, 3.05) is 0 Å².